The van der Waals surface area contributed by atoms with E-state index in [1.807, 2.05) is 0 Å². The molecule has 0 aliphatic carbocycles. The molecule has 0 fully saturated rings. The summed E-state index contributed by atoms with van der Waals surface area (Å²) in [7, 11) is -36.4. The van der Waals surface area contributed by atoms with Gasteiger partial charge in [-0.25, -0.2) is 0 Å². The van der Waals surface area contributed by atoms with Crippen LogP contribution in [0.15, 0.2) is 0 Å². The fourth-order valence-corrected chi connectivity index (χ4v) is 8.64. The molecule has 0 saturated heterocycles. The summed E-state index contributed by atoms with van der Waals surface area (Å²) < 4.78 is 78.8. The van der Waals surface area contributed by atoms with Crippen LogP contribution in [0.4, 0.5) is 0 Å². The predicted molar refractivity (Wildman–Crippen MR) is 126 cm³/mol. The van der Waals surface area contributed by atoms with Crippen molar-refractivity contribution in [2.24, 2.45) is 0 Å². The van der Waals surface area contributed by atoms with Crippen molar-refractivity contribution < 1.29 is 115 Å². The maximum atomic E-state index is 9.85. The van der Waals surface area contributed by atoms with Gasteiger partial charge in [0.05, 0.1) is 0 Å². The van der Waals surface area contributed by atoms with Gasteiger partial charge in [0.15, 0.2) is 23.6 Å². The summed E-state index contributed by atoms with van der Waals surface area (Å²) in [5.74, 6) is -5.50. The van der Waals surface area contributed by atoms with E-state index in [1.54, 1.807) is 0 Å². The summed E-state index contributed by atoms with van der Waals surface area (Å²) in [4.78, 5) is 128. The van der Waals surface area contributed by atoms with Crippen molar-refractivity contribution in [3.05, 3.63) is 0 Å². The monoisotopic (exact) mass is 738 g/mol. The van der Waals surface area contributed by atoms with E-state index in [-0.39, 0.29) is 12.3 Å². The Morgan fingerprint density at radius 2 is 0.289 bits per heavy atom. The number of hydrogen-bond acceptors (Lipinski definition) is 10. The lowest BCUT2D eigenvalue weighted by atomic mass is 11.9. The molecule has 0 aromatic heterocycles. The smallest absolute Gasteiger partial charge is 0.337 e. The van der Waals surface area contributed by atoms with Crippen LogP contribution in [-0.2, 0) is 36.5 Å². The van der Waals surface area contributed by atoms with E-state index in [4.69, 9.17) is 78.3 Å². The van der Waals surface area contributed by atoms with E-state index in [0.717, 1.165) is 0 Å². The van der Waals surface area contributed by atoms with Gasteiger partial charge in [0, 0.05) is 0 Å². The van der Waals surface area contributed by atoms with Crippen molar-refractivity contribution in [1.29, 1.82) is 0 Å². The van der Waals surface area contributed by atoms with E-state index in [1.165, 1.54) is 0 Å². The Balaban J connectivity index is -0.0000000883. The molecule has 38 heavy (non-hydrogen) atoms. The summed E-state index contributed by atoms with van der Waals surface area (Å²) in [5.41, 5.74) is 0. The molecule has 22 N–H and O–H groups in total. The fourth-order valence-electron chi connectivity index (χ4n) is 0.960. The minimum Gasteiger partial charge on any atom is -0.344 e. The quantitative estimate of drug-likeness (QED) is 0.115. The molecule has 0 radical (unpaired) electrons. The summed E-state index contributed by atoms with van der Waals surface area (Å²) >= 11 is 0. The third-order valence-electron chi connectivity index (χ3n) is 1.47. The van der Waals surface area contributed by atoms with Gasteiger partial charge < -0.3 is 90.6 Å². The van der Waals surface area contributed by atoms with Crippen LogP contribution in [0.2, 0.25) is 0 Å². The number of hydrogen-bond donors (Lipinski definition) is 18. The lowest BCUT2D eigenvalue weighted by molar-refractivity contribution is 0.352. The van der Waals surface area contributed by atoms with Crippen LogP contribution < -0.4 is 12.3 Å². The molecule has 34 heteroatoms. The highest BCUT2D eigenvalue weighted by molar-refractivity contribution is 7.70. The van der Waals surface area contributed by atoms with Crippen molar-refractivity contribution in [2.75, 3.05) is 23.6 Å². The van der Waals surface area contributed by atoms with Crippen molar-refractivity contribution in [2.45, 2.75) is 0 Å². The van der Waals surface area contributed by atoms with Gasteiger partial charge in [-0.2, -0.15) is 0 Å². The molecular formula is C4H30N2O24P8. The lowest BCUT2D eigenvalue weighted by Crippen LogP contribution is -1.88. The number of rotatable bonds is 8. The van der Waals surface area contributed by atoms with Crippen LogP contribution in [0.3, 0.4) is 0 Å². The molecule has 240 valence electrons. The molecule has 0 bridgehead atoms. The first-order valence-electron chi connectivity index (χ1n) is 7.19. The van der Waals surface area contributed by atoms with E-state index < -0.39 is 84.4 Å². The summed E-state index contributed by atoms with van der Waals surface area (Å²) in [5, 5.41) is 0. The van der Waals surface area contributed by atoms with Gasteiger partial charge in [-0.15, -0.1) is 0 Å². The molecule has 0 aliphatic rings. The molecule has 0 saturated carbocycles. The Morgan fingerprint density at radius 1 is 0.237 bits per heavy atom. The molecule has 0 unspecified atom stereocenters. The Hall–Kier alpha value is 1.12. The third kappa shape index (κ3) is 76.7. The second-order valence-electron chi connectivity index (χ2n) is 5.88. The first-order valence-corrected chi connectivity index (χ1v) is 21.6. The zero-order valence-electron chi connectivity index (χ0n) is 18.2. The van der Waals surface area contributed by atoms with Gasteiger partial charge in [-0.05, 0) is 0 Å². The van der Waals surface area contributed by atoms with E-state index in [2.05, 4.69) is 0 Å². The van der Waals surface area contributed by atoms with Crippen molar-refractivity contribution in [1.82, 2.24) is 12.3 Å². The van der Waals surface area contributed by atoms with Gasteiger partial charge in [0.2, 0.25) is 0 Å². The zero-order chi connectivity index (χ0) is 30.8. The molecule has 26 nitrogen and oxygen atoms in total. The maximum Gasteiger partial charge on any atom is 0.337 e. The van der Waals surface area contributed by atoms with Crippen LogP contribution in [-0.4, -0.2) is 102 Å². The van der Waals surface area contributed by atoms with Gasteiger partial charge >= 0.3 is 60.8 Å². The molecule has 0 rings (SSSR count). The van der Waals surface area contributed by atoms with Crippen LogP contribution in [0.1, 0.15) is 0 Å². The van der Waals surface area contributed by atoms with Gasteiger partial charge in [-0.3, -0.25) is 36.5 Å². The normalized spacial score (nSPS) is 13.1. The first kappa shape index (κ1) is 51.8. The van der Waals surface area contributed by atoms with Crippen LogP contribution >= 0.6 is 60.8 Å². The largest absolute Gasteiger partial charge is 0.344 e. The highest BCUT2D eigenvalue weighted by Crippen LogP contribution is 2.53. The highest BCUT2D eigenvalue weighted by atomic mass is 31.3. The molecule has 0 aliphatic heterocycles. The minimum absolute atomic E-state index is 0. The average molecular weight is 738 g/mol. The first-order chi connectivity index (χ1) is 14.8. The molecule has 0 amide bonds. The lowest BCUT2D eigenvalue weighted by Gasteiger charge is -2.03. The average Bonchev–Trinajstić information content (AvgIpc) is 2.19. The molecule has 0 aromatic rings. The molecule has 0 atom stereocenters. The van der Waals surface area contributed by atoms with Crippen molar-refractivity contribution in [3.8, 4) is 0 Å². The zero-order valence-corrected chi connectivity index (χ0v) is 25.4. The molecule has 0 aromatic carbocycles. The van der Waals surface area contributed by atoms with E-state index >= 15 is 0 Å². The van der Waals surface area contributed by atoms with Crippen LogP contribution in [0, 0.1) is 0 Å². The standard InChI is InChI=1S/4CH6O6P2.2H3N/c4*2-8(3,4)1-9(5,6)7;;/h4*1H2,(H2,2,3,4)(H2,5,6,7);2*1H3. The van der Waals surface area contributed by atoms with Crippen LogP contribution in [0.5, 0.6) is 0 Å². The van der Waals surface area contributed by atoms with Crippen molar-refractivity contribution >= 4 is 60.8 Å². The second kappa shape index (κ2) is 18.6. The second-order valence-corrected chi connectivity index (χ2v) is 21.0. The van der Waals surface area contributed by atoms with Gasteiger partial charge in [0.1, 0.15) is 0 Å². The van der Waals surface area contributed by atoms with E-state index in [9.17, 15) is 36.5 Å². The van der Waals surface area contributed by atoms with Crippen molar-refractivity contribution in [3.63, 3.8) is 0 Å². The Kier molecular flexibility index (Phi) is 25.4. The molecular weight excluding hydrogens is 708 g/mol. The summed E-state index contributed by atoms with van der Waals surface area (Å²) in [6, 6.07) is 0. The Morgan fingerprint density at radius 3 is 0.289 bits per heavy atom. The highest BCUT2D eigenvalue weighted by Gasteiger charge is 2.28. The third-order valence-corrected chi connectivity index (χ3v) is 13.3. The Labute approximate surface area is 212 Å². The molecule has 0 heterocycles. The fraction of sp³-hybridized carbons (Fsp3) is 1.00. The molecule has 0 spiro atoms. The van der Waals surface area contributed by atoms with Gasteiger partial charge in [0.25, 0.3) is 0 Å². The Bertz CT molecular complexity index is 785. The summed E-state index contributed by atoms with van der Waals surface area (Å²) in [6.45, 7) is 0. The predicted octanol–water partition coefficient (Wildman–Crippen LogP) is -2.48. The van der Waals surface area contributed by atoms with Crippen LogP contribution in [0.25, 0.3) is 0 Å². The maximum absolute atomic E-state index is 9.85. The summed E-state index contributed by atoms with van der Waals surface area (Å²) in [6.07, 6.45) is 0. The minimum atomic E-state index is -4.55. The van der Waals surface area contributed by atoms with Gasteiger partial charge in [-0.1, -0.05) is 0 Å². The topological polar surface area (TPSA) is 530 Å². The van der Waals surface area contributed by atoms with E-state index in [0.29, 0.717) is 0 Å². The SMILES string of the molecule is N.N.O=P(O)(O)CP(=O)(O)O.O=P(O)(O)CP(=O)(O)O.O=P(O)(O)CP(=O)(O)O.O=P(O)(O)CP(=O)(O)O.